The standard InChI is InChI=1S/C14H13FN2O5S/c15-11-3-1-9(2-4-11)13-16-12(22-17-13)7-21-14(18)10-5-6-23(19,20)8-10/h1-4,10H,5-8H2/t10-/m1/s1. The van der Waals surface area contributed by atoms with Crippen LogP contribution in [0, 0.1) is 11.7 Å². The van der Waals surface area contributed by atoms with Gasteiger partial charge in [-0.2, -0.15) is 4.98 Å². The van der Waals surface area contributed by atoms with Crippen LogP contribution in [0.4, 0.5) is 4.39 Å². The molecular formula is C14H13FN2O5S. The number of carbonyl (C=O) groups excluding carboxylic acids is 1. The molecule has 0 aliphatic carbocycles. The fourth-order valence-electron chi connectivity index (χ4n) is 2.26. The summed E-state index contributed by atoms with van der Waals surface area (Å²) in [6, 6.07) is 5.54. The highest BCUT2D eigenvalue weighted by Gasteiger charge is 2.34. The number of hydrogen-bond donors (Lipinski definition) is 0. The number of carbonyl (C=O) groups is 1. The van der Waals surface area contributed by atoms with E-state index >= 15 is 0 Å². The molecule has 0 amide bonds. The second-order valence-electron chi connectivity index (χ2n) is 5.23. The molecule has 1 aliphatic heterocycles. The minimum Gasteiger partial charge on any atom is -0.455 e. The van der Waals surface area contributed by atoms with E-state index in [1.807, 2.05) is 0 Å². The second-order valence-corrected chi connectivity index (χ2v) is 7.46. The molecular weight excluding hydrogens is 327 g/mol. The maximum Gasteiger partial charge on any atom is 0.310 e. The number of rotatable bonds is 4. The van der Waals surface area contributed by atoms with Gasteiger partial charge in [-0.3, -0.25) is 4.79 Å². The summed E-state index contributed by atoms with van der Waals surface area (Å²) in [4.78, 5) is 15.8. The molecule has 3 rings (SSSR count). The van der Waals surface area contributed by atoms with Gasteiger partial charge in [-0.25, -0.2) is 12.8 Å². The molecule has 1 atom stereocenters. The molecule has 9 heteroatoms. The quantitative estimate of drug-likeness (QED) is 0.775. The van der Waals surface area contributed by atoms with Crippen LogP contribution in [0.5, 0.6) is 0 Å². The highest BCUT2D eigenvalue weighted by Crippen LogP contribution is 2.21. The highest BCUT2D eigenvalue weighted by molar-refractivity contribution is 7.91. The minimum atomic E-state index is -3.14. The van der Waals surface area contributed by atoms with Crippen molar-refractivity contribution in [2.45, 2.75) is 13.0 Å². The van der Waals surface area contributed by atoms with E-state index in [9.17, 15) is 17.6 Å². The topological polar surface area (TPSA) is 99.4 Å². The molecule has 1 aliphatic rings. The molecule has 1 aromatic heterocycles. The average Bonchev–Trinajstić information content (AvgIpc) is 3.12. The summed E-state index contributed by atoms with van der Waals surface area (Å²) in [6.45, 7) is -0.233. The lowest BCUT2D eigenvalue weighted by Crippen LogP contribution is -2.18. The van der Waals surface area contributed by atoms with Crippen molar-refractivity contribution in [2.75, 3.05) is 11.5 Å². The number of nitrogens with zero attached hydrogens (tertiary/aromatic N) is 2. The minimum absolute atomic E-state index is 0.00202. The number of esters is 1. The van der Waals surface area contributed by atoms with Crippen molar-refractivity contribution in [1.29, 1.82) is 0 Å². The van der Waals surface area contributed by atoms with Gasteiger partial charge in [0.05, 0.1) is 17.4 Å². The zero-order chi connectivity index (χ0) is 16.4. The van der Waals surface area contributed by atoms with Gasteiger partial charge in [-0.1, -0.05) is 5.16 Å². The molecule has 7 nitrogen and oxygen atoms in total. The first kappa shape index (κ1) is 15.6. The van der Waals surface area contributed by atoms with Crippen LogP contribution < -0.4 is 0 Å². The van der Waals surface area contributed by atoms with Crippen LogP contribution >= 0.6 is 0 Å². The third-order valence-corrected chi connectivity index (χ3v) is 5.24. The van der Waals surface area contributed by atoms with Crippen LogP contribution in [0.1, 0.15) is 12.3 Å². The lowest BCUT2D eigenvalue weighted by atomic mass is 10.1. The van der Waals surface area contributed by atoms with E-state index < -0.39 is 21.7 Å². The van der Waals surface area contributed by atoms with E-state index in [1.165, 1.54) is 24.3 Å². The Morgan fingerprint density at radius 1 is 1.35 bits per heavy atom. The highest BCUT2D eigenvalue weighted by atomic mass is 32.2. The molecule has 23 heavy (non-hydrogen) atoms. The molecule has 0 saturated carbocycles. The third kappa shape index (κ3) is 3.73. The Morgan fingerprint density at radius 2 is 2.09 bits per heavy atom. The second kappa shape index (κ2) is 6.07. The van der Waals surface area contributed by atoms with Crippen LogP contribution in [-0.4, -0.2) is 36.0 Å². The normalized spacial score (nSPS) is 19.6. The maximum atomic E-state index is 12.9. The number of ether oxygens (including phenoxy) is 1. The molecule has 122 valence electrons. The van der Waals surface area contributed by atoms with E-state index in [0.717, 1.165) is 0 Å². The average molecular weight is 340 g/mol. The van der Waals surface area contributed by atoms with Crippen LogP contribution in [-0.2, 0) is 26.0 Å². The van der Waals surface area contributed by atoms with Gasteiger partial charge < -0.3 is 9.26 Å². The molecule has 1 saturated heterocycles. The smallest absolute Gasteiger partial charge is 0.310 e. The van der Waals surface area contributed by atoms with Gasteiger partial charge in [0.25, 0.3) is 5.89 Å². The summed E-state index contributed by atoms with van der Waals surface area (Å²) in [6.07, 6.45) is 0.270. The van der Waals surface area contributed by atoms with Gasteiger partial charge >= 0.3 is 5.97 Å². The van der Waals surface area contributed by atoms with Gasteiger partial charge in [0.15, 0.2) is 16.4 Å². The Bertz CT molecular complexity index is 816. The lowest BCUT2D eigenvalue weighted by Gasteiger charge is -2.06. The van der Waals surface area contributed by atoms with Crippen molar-refractivity contribution in [2.24, 2.45) is 5.92 Å². The SMILES string of the molecule is O=C(OCc1nc(-c2ccc(F)cc2)no1)[C@@H]1CCS(=O)(=O)C1. The van der Waals surface area contributed by atoms with E-state index in [2.05, 4.69) is 10.1 Å². The Labute approximate surface area is 131 Å². The van der Waals surface area contributed by atoms with Gasteiger partial charge in [-0.15, -0.1) is 0 Å². The number of halogens is 1. The van der Waals surface area contributed by atoms with Crippen molar-refractivity contribution in [1.82, 2.24) is 10.1 Å². The van der Waals surface area contributed by atoms with E-state index in [0.29, 0.717) is 5.56 Å². The van der Waals surface area contributed by atoms with E-state index in [4.69, 9.17) is 9.26 Å². The van der Waals surface area contributed by atoms with E-state index in [-0.39, 0.29) is 42.1 Å². The van der Waals surface area contributed by atoms with Gasteiger partial charge in [-0.05, 0) is 30.7 Å². The van der Waals surface area contributed by atoms with Gasteiger partial charge in [0, 0.05) is 5.56 Å². The lowest BCUT2D eigenvalue weighted by molar-refractivity contribution is -0.149. The monoisotopic (exact) mass is 340 g/mol. The predicted octanol–water partition coefficient (Wildman–Crippen LogP) is 1.35. The first-order valence-electron chi connectivity index (χ1n) is 6.88. The van der Waals surface area contributed by atoms with Crippen molar-refractivity contribution in [3.63, 3.8) is 0 Å². The van der Waals surface area contributed by atoms with Crippen molar-refractivity contribution in [3.05, 3.63) is 36.0 Å². The molecule has 0 N–H and O–H groups in total. The summed E-state index contributed by atoms with van der Waals surface area (Å²) < 4.78 is 45.5. The number of sulfone groups is 1. The fraction of sp³-hybridized carbons (Fsp3) is 0.357. The predicted molar refractivity (Wildman–Crippen MR) is 76.2 cm³/mol. The molecule has 0 unspecified atom stereocenters. The summed E-state index contributed by atoms with van der Waals surface area (Å²) >= 11 is 0. The largest absolute Gasteiger partial charge is 0.455 e. The molecule has 0 radical (unpaired) electrons. The first-order chi connectivity index (χ1) is 10.9. The molecule has 2 heterocycles. The fourth-order valence-corrected chi connectivity index (χ4v) is 3.99. The number of aromatic nitrogens is 2. The Hall–Kier alpha value is -2.29. The summed E-state index contributed by atoms with van der Waals surface area (Å²) in [5, 5.41) is 3.72. The molecule has 2 aromatic rings. The molecule has 1 aromatic carbocycles. The van der Waals surface area contributed by atoms with Crippen LogP contribution in [0.2, 0.25) is 0 Å². The zero-order valence-electron chi connectivity index (χ0n) is 11.9. The first-order valence-corrected chi connectivity index (χ1v) is 8.71. The van der Waals surface area contributed by atoms with Crippen molar-refractivity contribution >= 4 is 15.8 Å². The van der Waals surface area contributed by atoms with Crippen LogP contribution in [0.15, 0.2) is 28.8 Å². The van der Waals surface area contributed by atoms with E-state index in [1.54, 1.807) is 0 Å². The van der Waals surface area contributed by atoms with Crippen LogP contribution in [0.25, 0.3) is 11.4 Å². The number of benzene rings is 1. The zero-order valence-corrected chi connectivity index (χ0v) is 12.8. The number of hydrogen-bond acceptors (Lipinski definition) is 7. The maximum absolute atomic E-state index is 12.9. The Kier molecular flexibility index (Phi) is 4.12. The molecule has 0 spiro atoms. The molecule has 0 bridgehead atoms. The van der Waals surface area contributed by atoms with Crippen LogP contribution in [0.3, 0.4) is 0 Å². The Morgan fingerprint density at radius 3 is 2.74 bits per heavy atom. The Balaban J connectivity index is 1.59. The van der Waals surface area contributed by atoms with Gasteiger partial charge in [0.2, 0.25) is 5.82 Å². The summed E-state index contributed by atoms with van der Waals surface area (Å²) in [5.74, 6) is -1.46. The molecule has 1 fully saturated rings. The van der Waals surface area contributed by atoms with Crippen molar-refractivity contribution in [3.8, 4) is 11.4 Å². The van der Waals surface area contributed by atoms with Crippen molar-refractivity contribution < 1.29 is 26.9 Å². The third-order valence-electron chi connectivity index (χ3n) is 3.47. The van der Waals surface area contributed by atoms with Gasteiger partial charge in [0.1, 0.15) is 5.82 Å². The summed E-state index contributed by atoms with van der Waals surface area (Å²) in [7, 11) is -3.14. The summed E-state index contributed by atoms with van der Waals surface area (Å²) in [5.41, 5.74) is 0.564.